The number of hydrogen-bond acceptors (Lipinski definition) is 1. The minimum absolute atomic E-state index is 0.153. The van der Waals surface area contributed by atoms with Crippen LogP contribution in [0.2, 0.25) is 0 Å². The lowest BCUT2D eigenvalue weighted by atomic mass is 9.92. The average molecular weight is 337 g/mol. The maximum atomic E-state index is 13.0. The topological polar surface area (TPSA) is 22.0 Å². The number of Topliss-reactive ketones (excluding diaryl/α,β-unsaturated/α-hetero) is 1. The summed E-state index contributed by atoms with van der Waals surface area (Å²) >= 11 is 0. The van der Waals surface area contributed by atoms with Crippen molar-refractivity contribution in [3.63, 3.8) is 0 Å². The van der Waals surface area contributed by atoms with Gasteiger partial charge in [0, 0.05) is 29.8 Å². The first-order chi connectivity index (χ1) is 12.8. The molecule has 126 valence electrons. The molecular formula is C24H19NO. The molecule has 0 radical (unpaired) electrons. The molecule has 1 unspecified atom stereocenters. The summed E-state index contributed by atoms with van der Waals surface area (Å²) in [5.74, 6) is 0.404. The van der Waals surface area contributed by atoms with Crippen molar-refractivity contribution in [3.8, 4) is 0 Å². The standard InChI is InChI=1S/C24H19NO/c26-22-15-20(18-11-5-2-6-12-18)23-19-13-7-8-14-21(19)25(24(22)23)16-17-9-3-1-4-10-17/h1-14,20H,15-16H2. The lowest BCUT2D eigenvalue weighted by molar-refractivity contribution is 0.0984. The van der Waals surface area contributed by atoms with E-state index in [9.17, 15) is 4.79 Å². The third-order valence-electron chi connectivity index (χ3n) is 5.40. The number of benzene rings is 3. The minimum atomic E-state index is 0.153. The third-order valence-corrected chi connectivity index (χ3v) is 5.40. The number of carbonyl (C=O) groups excluding carboxylic acids is 1. The van der Waals surface area contributed by atoms with Gasteiger partial charge in [0.2, 0.25) is 0 Å². The van der Waals surface area contributed by atoms with Gasteiger partial charge in [0.05, 0.1) is 5.69 Å². The van der Waals surface area contributed by atoms with Gasteiger partial charge in [-0.15, -0.1) is 0 Å². The largest absolute Gasteiger partial charge is 0.333 e. The van der Waals surface area contributed by atoms with Crippen molar-refractivity contribution in [3.05, 3.63) is 107 Å². The molecule has 1 heterocycles. The molecular weight excluding hydrogens is 318 g/mol. The molecule has 0 saturated heterocycles. The van der Waals surface area contributed by atoms with Crippen molar-refractivity contribution in [2.75, 3.05) is 0 Å². The van der Waals surface area contributed by atoms with Crippen LogP contribution in [-0.2, 0) is 6.54 Å². The number of aromatic nitrogens is 1. The second kappa shape index (κ2) is 5.99. The van der Waals surface area contributed by atoms with Crippen molar-refractivity contribution in [1.29, 1.82) is 0 Å². The highest BCUT2D eigenvalue weighted by atomic mass is 16.1. The van der Waals surface area contributed by atoms with Crippen LogP contribution in [0.5, 0.6) is 0 Å². The van der Waals surface area contributed by atoms with E-state index in [1.165, 1.54) is 22.1 Å². The van der Waals surface area contributed by atoms with Crippen LogP contribution in [0, 0.1) is 0 Å². The Balaban J connectivity index is 1.73. The normalized spacial score (nSPS) is 16.2. The fourth-order valence-electron chi connectivity index (χ4n) is 4.27. The van der Waals surface area contributed by atoms with Gasteiger partial charge in [-0.25, -0.2) is 0 Å². The van der Waals surface area contributed by atoms with Crippen LogP contribution in [0.4, 0.5) is 0 Å². The van der Waals surface area contributed by atoms with Crippen LogP contribution >= 0.6 is 0 Å². The van der Waals surface area contributed by atoms with Gasteiger partial charge >= 0.3 is 0 Å². The van der Waals surface area contributed by atoms with E-state index in [1.807, 2.05) is 12.1 Å². The number of hydrogen-bond donors (Lipinski definition) is 0. The Hall–Kier alpha value is -3.13. The fraction of sp³-hybridized carbons (Fsp3) is 0.125. The molecule has 2 heteroatoms. The van der Waals surface area contributed by atoms with Crippen molar-refractivity contribution < 1.29 is 4.79 Å². The lowest BCUT2D eigenvalue weighted by Gasteiger charge is -2.10. The van der Waals surface area contributed by atoms with E-state index >= 15 is 0 Å². The Morgan fingerprint density at radius 2 is 1.46 bits per heavy atom. The summed E-state index contributed by atoms with van der Waals surface area (Å²) in [5.41, 5.74) is 5.68. The zero-order valence-corrected chi connectivity index (χ0v) is 14.4. The van der Waals surface area contributed by atoms with Gasteiger partial charge in [-0.1, -0.05) is 78.9 Å². The molecule has 1 aliphatic rings. The summed E-state index contributed by atoms with van der Waals surface area (Å²) in [5, 5.41) is 1.21. The molecule has 0 saturated carbocycles. The summed E-state index contributed by atoms with van der Waals surface area (Å²) in [6, 6.07) is 29.2. The Labute approximate surface area is 152 Å². The molecule has 0 aliphatic heterocycles. The van der Waals surface area contributed by atoms with Gasteiger partial charge in [-0.05, 0) is 22.8 Å². The van der Waals surface area contributed by atoms with E-state index in [-0.39, 0.29) is 11.7 Å². The summed E-state index contributed by atoms with van der Waals surface area (Å²) in [4.78, 5) is 13.0. The molecule has 26 heavy (non-hydrogen) atoms. The van der Waals surface area contributed by atoms with E-state index in [0.29, 0.717) is 6.42 Å². The molecule has 3 aromatic carbocycles. The zero-order valence-electron chi connectivity index (χ0n) is 14.4. The van der Waals surface area contributed by atoms with Crippen LogP contribution in [0.1, 0.15) is 39.5 Å². The van der Waals surface area contributed by atoms with Crippen molar-refractivity contribution in [2.45, 2.75) is 18.9 Å². The smallest absolute Gasteiger partial charge is 0.180 e. The van der Waals surface area contributed by atoms with Crippen LogP contribution in [-0.4, -0.2) is 10.4 Å². The van der Waals surface area contributed by atoms with Gasteiger partial charge in [0.25, 0.3) is 0 Å². The van der Waals surface area contributed by atoms with Crippen LogP contribution in [0.15, 0.2) is 84.9 Å². The molecule has 0 bridgehead atoms. The van der Waals surface area contributed by atoms with Gasteiger partial charge in [0.15, 0.2) is 5.78 Å². The highest BCUT2D eigenvalue weighted by molar-refractivity contribution is 6.07. The molecule has 0 spiro atoms. The molecule has 1 atom stereocenters. The maximum Gasteiger partial charge on any atom is 0.180 e. The third kappa shape index (κ3) is 2.30. The number of carbonyl (C=O) groups is 1. The minimum Gasteiger partial charge on any atom is -0.333 e. The van der Waals surface area contributed by atoms with Gasteiger partial charge in [-0.3, -0.25) is 4.79 Å². The van der Waals surface area contributed by atoms with Gasteiger partial charge in [0.1, 0.15) is 0 Å². The van der Waals surface area contributed by atoms with Crippen molar-refractivity contribution in [1.82, 2.24) is 4.57 Å². The first-order valence-corrected chi connectivity index (χ1v) is 9.06. The van der Waals surface area contributed by atoms with Gasteiger partial charge < -0.3 is 4.57 Å². The van der Waals surface area contributed by atoms with Crippen LogP contribution < -0.4 is 0 Å². The summed E-state index contributed by atoms with van der Waals surface area (Å²) in [6.45, 7) is 0.726. The molecule has 1 aromatic heterocycles. The summed E-state index contributed by atoms with van der Waals surface area (Å²) in [7, 11) is 0. The number of ketones is 1. The number of rotatable bonds is 3. The number of para-hydroxylation sites is 1. The quantitative estimate of drug-likeness (QED) is 0.490. The number of fused-ring (bicyclic) bond motifs is 3. The van der Waals surface area contributed by atoms with E-state index in [0.717, 1.165) is 17.8 Å². The molecule has 0 N–H and O–H groups in total. The number of nitrogens with zero attached hydrogens (tertiary/aromatic N) is 1. The van der Waals surface area contributed by atoms with Crippen LogP contribution in [0.25, 0.3) is 10.9 Å². The van der Waals surface area contributed by atoms with E-state index in [2.05, 4.69) is 77.4 Å². The van der Waals surface area contributed by atoms with Crippen LogP contribution in [0.3, 0.4) is 0 Å². The highest BCUT2D eigenvalue weighted by Gasteiger charge is 2.36. The summed E-state index contributed by atoms with van der Waals surface area (Å²) in [6.07, 6.45) is 0.564. The molecule has 0 amide bonds. The fourth-order valence-corrected chi connectivity index (χ4v) is 4.27. The lowest BCUT2D eigenvalue weighted by Crippen LogP contribution is -2.07. The van der Waals surface area contributed by atoms with Crippen molar-refractivity contribution in [2.24, 2.45) is 0 Å². The van der Waals surface area contributed by atoms with E-state index in [1.54, 1.807) is 0 Å². The molecule has 1 aliphatic carbocycles. The Kier molecular flexibility index (Phi) is 3.49. The predicted molar refractivity (Wildman–Crippen MR) is 105 cm³/mol. The van der Waals surface area contributed by atoms with E-state index in [4.69, 9.17) is 0 Å². The second-order valence-electron chi connectivity index (χ2n) is 6.94. The Morgan fingerprint density at radius 1 is 0.808 bits per heavy atom. The first-order valence-electron chi connectivity index (χ1n) is 9.06. The van der Waals surface area contributed by atoms with E-state index < -0.39 is 0 Å². The molecule has 5 rings (SSSR count). The maximum absolute atomic E-state index is 13.0. The first kappa shape index (κ1) is 15.2. The Bertz CT molecular complexity index is 1090. The second-order valence-corrected chi connectivity index (χ2v) is 6.94. The molecule has 4 aromatic rings. The molecule has 2 nitrogen and oxygen atoms in total. The Morgan fingerprint density at radius 3 is 2.23 bits per heavy atom. The average Bonchev–Trinajstić information content (AvgIpc) is 3.20. The molecule has 0 fully saturated rings. The van der Waals surface area contributed by atoms with Crippen molar-refractivity contribution >= 4 is 16.7 Å². The summed E-state index contributed by atoms with van der Waals surface area (Å²) < 4.78 is 2.21. The SMILES string of the molecule is O=C1CC(c2ccccc2)c2c1n(Cc1ccccc1)c1ccccc21. The predicted octanol–water partition coefficient (Wildman–Crippen LogP) is 5.41. The monoisotopic (exact) mass is 337 g/mol. The van der Waals surface area contributed by atoms with Gasteiger partial charge in [-0.2, -0.15) is 0 Å². The zero-order chi connectivity index (χ0) is 17.5. The highest BCUT2D eigenvalue weighted by Crippen LogP contribution is 2.44.